The number of nitrogens with one attached hydrogen (secondary N) is 1. The van der Waals surface area contributed by atoms with Crippen molar-refractivity contribution in [1.82, 2.24) is 10.2 Å². The van der Waals surface area contributed by atoms with E-state index in [0.29, 0.717) is 11.1 Å². The van der Waals surface area contributed by atoms with Crippen molar-refractivity contribution in [3.63, 3.8) is 0 Å². The number of nitrogens with zero attached hydrogens (tertiary/aromatic N) is 1. The molecule has 1 N–H and O–H groups in total. The van der Waals surface area contributed by atoms with E-state index >= 15 is 0 Å². The van der Waals surface area contributed by atoms with E-state index in [1.165, 1.54) is 0 Å². The first-order valence-electron chi connectivity index (χ1n) is 8.47. The van der Waals surface area contributed by atoms with Crippen molar-refractivity contribution in [2.24, 2.45) is 0 Å². The number of benzene rings is 2. The summed E-state index contributed by atoms with van der Waals surface area (Å²) in [6.45, 7) is -0.428. The van der Waals surface area contributed by atoms with Gasteiger partial charge in [-0.2, -0.15) is 0 Å². The van der Waals surface area contributed by atoms with Gasteiger partial charge in [0.15, 0.2) is 0 Å². The van der Waals surface area contributed by atoms with Gasteiger partial charge in [0.25, 0.3) is 11.8 Å². The average molecular weight is 366 g/mol. The molecule has 1 aliphatic rings. The lowest BCUT2D eigenvalue weighted by Gasteiger charge is -2.14. The summed E-state index contributed by atoms with van der Waals surface area (Å²) in [5.41, 5.74) is 1.54. The predicted molar refractivity (Wildman–Crippen MR) is 95.9 cm³/mol. The number of fused-ring (bicyclic) bond motifs is 1. The fourth-order valence-corrected chi connectivity index (χ4v) is 2.76. The summed E-state index contributed by atoms with van der Waals surface area (Å²) in [5, 5.41) is 2.48. The van der Waals surface area contributed by atoms with E-state index in [9.17, 15) is 19.2 Å². The van der Waals surface area contributed by atoms with Crippen LogP contribution in [-0.2, 0) is 20.7 Å². The molecule has 138 valence electrons. The van der Waals surface area contributed by atoms with Gasteiger partial charge >= 0.3 is 5.97 Å². The van der Waals surface area contributed by atoms with E-state index in [1.54, 1.807) is 24.3 Å². The monoisotopic (exact) mass is 366 g/mol. The van der Waals surface area contributed by atoms with E-state index < -0.39 is 17.8 Å². The second kappa shape index (κ2) is 8.27. The Kier molecular flexibility index (Phi) is 5.61. The van der Waals surface area contributed by atoms with Gasteiger partial charge in [0.2, 0.25) is 5.91 Å². The minimum absolute atomic E-state index is 0.0317. The molecular weight excluding hydrogens is 348 g/mol. The second-order valence-electron chi connectivity index (χ2n) is 5.97. The fraction of sp³-hybridized carbons (Fsp3) is 0.200. The van der Waals surface area contributed by atoms with Gasteiger partial charge in [-0.1, -0.05) is 42.5 Å². The molecule has 0 atom stereocenters. The van der Waals surface area contributed by atoms with Crippen molar-refractivity contribution < 1.29 is 23.9 Å². The zero-order valence-electron chi connectivity index (χ0n) is 14.5. The van der Waals surface area contributed by atoms with Crippen LogP contribution in [0.4, 0.5) is 0 Å². The highest BCUT2D eigenvalue weighted by atomic mass is 16.5. The molecule has 27 heavy (non-hydrogen) atoms. The van der Waals surface area contributed by atoms with Gasteiger partial charge in [-0.15, -0.1) is 0 Å². The van der Waals surface area contributed by atoms with Crippen LogP contribution in [0.25, 0.3) is 0 Å². The maximum atomic E-state index is 12.2. The Bertz CT molecular complexity index is 844. The molecule has 3 rings (SSSR count). The molecule has 0 spiro atoms. The van der Waals surface area contributed by atoms with E-state index in [2.05, 4.69) is 5.32 Å². The topological polar surface area (TPSA) is 92.8 Å². The molecule has 0 aliphatic carbocycles. The maximum absolute atomic E-state index is 12.2. The molecule has 7 heteroatoms. The quantitative estimate of drug-likeness (QED) is 0.587. The Hall–Kier alpha value is -3.48. The molecular formula is C20H18N2O5. The Morgan fingerprint density at radius 3 is 2.11 bits per heavy atom. The molecule has 7 nitrogen and oxygen atoms in total. The van der Waals surface area contributed by atoms with Crippen molar-refractivity contribution in [2.45, 2.75) is 6.42 Å². The molecule has 0 fully saturated rings. The van der Waals surface area contributed by atoms with Gasteiger partial charge in [-0.05, 0) is 17.7 Å². The highest BCUT2D eigenvalue weighted by Gasteiger charge is 2.34. The lowest BCUT2D eigenvalue weighted by atomic mass is 10.1. The molecule has 0 saturated heterocycles. The zero-order chi connectivity index (χ0) is 19.2. The van der Waals surface area contributed by atoms with Crippen molar-refractivity contribution in [1.29, 1.82) is 0 Å². The molecule has 0 unspecified atom stereocenters. The first kappa shape index (κ1) is 18.3. The predicted octanol–water partition coefficient (Wildman–Crippen LogP) is 1.18. The summed E-state index contributed by atoms with van der Waals surface area (Å²) >= 11 is 0. The maximum Gasteiger partial charge on any atom is 0.325 e. The van der Waals surface area contributed by atoms with E-state index in [0.717, 1.165) is 10.5 Å². The van der Waals surface area contributed by atoms with E-state index in [-0.39, 0.29) is 32.0 Å². The molecule has 1 heterocycles. The lowest BCUT2D eigenvalue weighted by Crippen LogP contribution is -2.35. The summed E-state index contributed by atoms with van der Waals surface area (Å²) < 4.78 is 5.00. The number of hydrogen-bond acceptors (Lipinski definition) is 5. The molecule has 0 bridgehead atoms. The van der Waals surface area contributed by atoms with Gasteiger partial charge in [-0.25, -0.2) is 0 Å². The van der Waals surface area contributed by atoms with Crippen LogP contribution in [-0.4, -0.2) is 48.3 Å². The molecule has 2 aromatic carbocycles. The van der Waals surface area contributed by atoms with E-state index in [4.69, 9.17) is 4.74 Å². The highest BCUT2D eigenvalue weighted by molar-refractivity contribution is 6.21. The van der Waals surface area contributed by atoms with Crippen LogP contribution in [0.15, 0.2) is 54.6 Å². The van der Waals surface area contributed by atoms with Crippen LogP contribution < -0.4 is 5.32 Å². The molecule has 3 amide bonds. The molecule has 0 saturated carbocycles. The first-order chi connectivity index (χ1) is 13.1. The van der Waals surface area contributed by atoms with Crippen LogP contribution in [0.3, 0.4) is 0 Å². The molecule has 0 aromatic heterocycles. The standard InChI is InChI=1S/C20H18N2O5/c23-17(12-14-6-2-1-3-7-14)21-13-18(24)27-11-10-22-19(25)15-8-4-5-9-16(15)20(22)26/h1-9H,10-13H2,(H,21,23). The summed E-state index contributed by atoms with van der Waals surface area (Å²) in [7, 11) is 0. The smallest absolute Gasteiger partial charge is 0.325 e. The summed E-state index contributed by atoms with van der Waals surface area (Å²) in [4.78, 5) is 48.9. The number of ether oxygens (including phenoxy) is 1. The van der Waals surface area contributed by atoms with Crippen LogP contribution in [0, 0.1) is 0 Å². The van der Waals surface area contributed by atoms with Gasteiger partial charge < -0.3 is 10.1 Å². The Labute approximate surface area is 155 Å². The Morgan fingerprint density at radius 1 is 0.889 bits per heavy atom. The first-order valence-corrected chi connectivity index (χ1v) is 8.47. The second-order valence-corrected chi connectivity index (χ2v) is 5.97. The van der Waals surface area contributed by atoms with Crippen molar-refractivity contribution in [3.8, 4) is 0 Å². The third kappa shape index (κ3) is 4.38. The van der Waals surface area contributed by atoms with Crippen LogP contribution >= 0.6 is 0 Å². The zero-order valence-corrected chi connectivity index (χ0v) is 14.5. The van der Waals surface area contributed by atoms with Crippen molar-refractivity contribution in [3.05, 3.63) is 71.3 Å². The van der Waals surface area contributed by atoms with Gasteiger partial charge in [0.05, 0.1) is 24.1 Å². The SMILES string of the molecule is O=C(Cc1ccccc1)NCC(=O)OCCN1C(=O)c2ccccc2C1=O. The Morgan fingerprint density at radius 2 is 1.48 bits per heavy atom. The minimum atomic E-state index is -0.631. The summed E-state index contributed by atoms with van der Waals surface area (Å²) in [5.74, 6) is -1.72. The molecule has 1 aliphatic heterocycles. The Balaban J connectivity index is 1.40. The van der Waals surface area contributed by atoms with Gasteiger partial charge in [0, 0.05) is 0 Å². The number of carbonyl (C=O) groups excluding carboxylic acids is 4. The molecule has 0 radical (unpaired) electrons. The largest absolute Gasteiger partial charge is 0.462 e. The number of imide groups is 1. The van der Waals surface area contributed by atoms with Crippen LogP contribution in [0.2, 0.25) is 0 Å². The fourth-order valence-electron chi connectivity index (χ4n) is 2.76. The normalized spacial score (nSPS) is 12.7. The number of hydrogen-bond donors (Lipinski definition) is 1. The number of amides is 3. The number of esters is 1. The third-order valence-electron chi connectivity index (χ3n) is 4.09. The highest BCUT2D eigenvalue weighted by Crippen LogP contribution is 2.21. The van der Waals surface area contributed by atoms with E-state index in [1.807, 2.05) is 30.3 Å². The summed E-state index contributed by atoms with van der Waals surface area (Å²) in [6.07, 6.45) is 0.170. The van der Waals surface area contributed by atoms with Gasteiger partial charge in [0.1, 0.15) is 13.2 Å². The van der Waals surface area contributed by atoms with Crippen LogP contribution in [0.1, 0.15) is 26.3 Å². The number of rotatable bonds is 7. The average Bonchev–Trinajstić information content (AvgIpc) is 2.92. The molecule has 2 aromatic rings. The number of carbonyl (C=O) groups is 4. The lowest BCUT2D eigenvalue weighted by molar-refractivity contribution is -0.144. The van der Waals surface area contributed by atoms with Crippen molar-refractivity contribution in [2.75, 3.05) is 19.7 Å². The summed E-state index contributed by atoms with van der Waals surface area (Å²) in [6, 6.07) is 15.7. The van der Waals surface area contributed by atoms with Gasteiger partial charge in [-0.3, -0.25) is 24.1 Å². The minimum Gasteiger partial charge on any atom is -0.462 e. The van der Waals surface area contributed by atoms with Crippen molar-refractivity contribution >= 4 is 23.7 Å². The van der Waals surface area contributed by atoms with Crippen LogP contribution in [0.5, 0.6) is 0 Å². The third-order valence-corrected chi connectivity index (χ3v) is 4.09.